The molecule has 14 heavy (non-hydrogen) atoms. The summed E-state index contributed by atoms with van der Waals surface area (Å²) in [6.07, 6.45) is 2.35. The predicted octanol–water partition coefficient (Wildman–Crippen LogP) is 0.358. The molecule has 0 saturated carbocycles. The summed E-state index contributed by atoms with van der Waals surface area (Å²) in [5, 5.41) is 0. The molecule has 1 unspecified atom stereocenters. The van der Waals surface area contributed by atoms with Crippen LogP contribution >= 0.6 is 0 Å². The van der Waals surface area contributed by atoms with E-state index in [1.165, 1.54) is 7.11 Å². The maximum Gasteiger partial charge on any atom is 0.384 e. The number of ether oxygens (including phenoxy) is 3. The van der Waals surface area contributed by atoms with Crippen molar-refractivity contribution in [3.63, 3.8) is 0 Å². The van der Waals surface area contributed by atoms with Crippen LogP contribution in [-0.4, -0.2) is 39.0 Å². The fourth-order valence-electron chi connectivity index (χ4n) is 1.18. The van der Waals surface area contributed by atoms with E-state index in [4.69, 9.17) is 9.47 Å². The molecule has 78 valence electrons. The van der Waals surface area contributed by atoms with Gasteiger partial charge in [0.05, 0.1) is 19.8 Å². The molecule has 0 spiro atoms. The lowest BCUT2D eigenvalue weighted by Crippen LogP contribution is -2.14. The standard InChI is InChI=1S/C10H14O4/c1-12-10(11)5-3-6-13-8-9-4-2-7-14-9/h9H,2,4,6-8H2,1H3. The third-order valence-electron chi connectivity index (χ3n) is 1.88. The molecule has 0 aromatic carbocycles. The maximum absolute atomic E-state index is 10.6. The summed E-state index contributed by atoms with van der Waals surface area (Å²) in [5.74, 6) is 4.30. The van der Waals surface area contributed by atoms with Crippen LogP contribution in [0.15, 0.2) is 0 Å². The number of hydrogen-bond donors (Lipinski definition) is 0. The van der Waals surface area contributed by atoms with Crippen LogP contribution < -0.4 is 0 Å². The average Bonchev–Trinajstić information content (AvgIpc) is 2.69. The molecule has 1 saturated heterocycles. The van der Waals surface area contributed by atoms with Crippen LogP contribution in [-0.2, 0) is 19.0 Å². The van der Waals surface area contributed by atoms with Crippen LogP contribution in [0.5, 0.6) is 0 Å². The molecule has 0 aromatic heterocycles. The Hall–Kier alpha value is -1.05. The van der Waals surface area contributed by atoms with Gasteiger partial charge in [-0.2, -0.15) is 0 Å². The minimum Gasteiger partial charge on any atom is -0.459 e. The first kappa shape index (κ1) is 11.0. The van der Waals surface area contributed by atoms with Gasteiger partial charge in [-0.3, -0.25) is 0 Å². The number of esters is 1. The lowest BCUT2D eigenvalue weighted by Gasteiger charge is -2.07. The van der Waals surface area contributed by atoms with E-state index in [-0.39, 0.29) is 12.7 Å². The highest BCUT2D eigenvalue weighted by molar-refractivity contribution is 5.88. The SMILES string of the molecule is COC(=O)C#CCOCC1CCCO1. The maximum atomic E-state index is 10.6. The molecule has 4 nitrogen and oxygen atoms in total. The van der Waals surface area contributed by atoms with Crippen molar-refractivity contribution in [1.29, 1.82) is 0 Å². The van der Waals surface area contributed by atoms with Crippen LogP contribution in [0.3, 0.4) is 0 Å². The van der Waals surface area contributed by atoms with E-state index >= 15 is 0 Å². The Labute approximate surface area is 83.5 Å². The van der Waals surface area contributed by atoms with Gasteiger partial charge in [-0.25, -0.2) is 4.79 Å². The number of carbonyl (C=O) groups is 1. The highest BCUT2D eigenvalue weighted by Gasteiger charge is 2.14. The Kier molecular flexibility index (Phi) is 5.05. The van der Waals surface area contributed by atoms with Crippen molar-refractivity contribution in [1.82, 2.24) is 0 Å². The molecule has 1 aliphatic heterocycles. The summed E-state index contributed by atoms with van der Waals surface area (Å²) in [6.45, 7) is 1.62. The zero-order valence-electron chi connectivity index (χ0n) is 8.25. The highest BCUT2D eigenvalue weighted by atomic mass is 16.5. The van der Waals surface area contributed by atoms with Crippen molar-refractivity contribution >= 4 is 5.97 Å². The highest BCUT2D eigenvalue weighted by Crippen LogP contribution is 2.11. The monoisotopic (exact) mass is 198 g/mol. The van der Waals surface area contributed by atoms with Gasteiger partial charge < -0.3 is 14.2 Å². The first-order valence-electron chi connectivity index (χ1n) is 4.59. The van der Waals surface area contributed by atoms with Crippen molar-refractivity contribution in [3.05, 3.63) is 0 Å². The van der Waals surface area contributed by atoms with Crippen molar-refractivity contribution in [2.75, 3.05) is 26.9 Å². The minimum absolute atomic E-state index is 0.204. The van der Waals surface area contributed by atoms with E-state index in [0.717, 1.165) is 19.4 Å². The van der Waals surface area contributed by atoms with E-state index in [1.807, 2.05) is 0 Å². The van der Waals surface area contributed by atoms with Crippen molar-refractivity contribution in [3.8, 4) is 11.8 Å². The van der Waals surface area contributed by atoms with Crippen molar-refractivity contribution in [2.24, 2.45) is 0 Å². The molecule has 1 heterocycles. The summed E-state index contributed by atoms with van der Waals surface area (Å²) in [7, 11) is 1.30. The molecule has 1 aliphatic rings. The molecular formula is C10H14O4. The summed E-state index contributed by atoms with van der Waals surface area (Å²) in [6, 6.07) is 0. The van der Waals surface area contributed by atoms with Gasteiger partial charge in [-0.1, -0.05) is 5.92 Å². The van der Waals surface area contributed by atoms with Crippen molar-refractivity contribution in [2.45, 2.75) is 18.9 Å². The molecule has 1 atom stereocenters. The summed E-state index contributed by atoms with van der Waals surface area (Å²) < 4.78 is 14.9. The Morgan fingerprint density at radius 2 is 2.50 bits per heavy atom. The van der Waals surface area contributed by atoms with Gasteiger partial charge in [0.15, 0.2) is 0 Å². The molecular weight excluding hydrogens is 184 g/mol. The molecule has 0 N–H and O–H groups in total. The van der Waals surface area contributed by atoms with Gasteiger partial charge in [-0.05, 0) is 12.8 Å². The van der Waals surface area contributed by atoms with Crippen LogP contribution in [0.4, 0.5) is 0 Å². The number of carbonyl (C=O) groups excluding carboxylic acids is 1. The molecule has 0 radical (unpaired) electrons. The first-order valence-corrected chi connectivity index (χ1v) is 4.59. The smallest absolute Gasteiger partial charge is 0.384 e. The second-order valence-electron chi connectivity index (χ2n) is 2.94. The fraction of sp³-hybridized carbons (Fsp3) is 0.700. The third kappa shape index (κ3) is 4.26. The molecule has 0 aromatic rings. The zero-order valence-corrected chi connectivity index (χ0v) is 8.25. The minimum atomic E-state index is -0.536. The summed E-state index contributed by atoms with van der Waals surface area (Å²) >= 11 is 0. The molecule has 0 bridgehead atoms. The van der Waals surface area contributed by atoms with Crippen molar-refractivity contribution < 1.29 is 19.0 Å². The Morgan fingerprint density at radius 1 is 1.64 bits per heavy atom. The largest absolute Gasteiger partial charge is 0.459 e. The van der Waals surface area contributed by atoms with E-state index in [2.05, 4.69) is 16.6 Å². The van der Waals surface area contributed by atoms with E-state index in [0.29, 0.717) is 6.61 Å². The van der Waals surface area contributed by atoms with Crippen LogP contribution in [0.1, 0.15) is 12.8 Å². The topological polar surface area (TPSA) is 44.8 Å². The van der Waals surface area contributed by atoms with E-state index < -0.39 is 5.97 Å². The van der Waals surface area contributed by atoms with Gasteiger partial charge in [0.2, 0.25) is 0 Å². The number of methoxy groups -OCH3 is 1. The second-order valence-corrected chi connectivity index (χ2v) is 2.94. The predicted molar refractivity (Wildman–Crippen MR) is 49.6 cm³/mol. The lowest BCUT2D eigenvalue weighted by atomic mass is 10.2. The molecule has 0 amide bonds. The fourth-order valence-corrected chi connectivity index (χ4v) is 1.18. The number of rotatable bonds is 3. The van der Waals surface area contributed by atoms with Gasteiger partial charge in [0.1, 0.15) is 6.61 Å². The van der Waals surface area contributed by atoms with Gasteiger partial charge in [-0.15, -0.1) is 0 Å². The molecule has 1 rings (SSSR count). The van der Waals surface area contributed by atoms with Crippen LogP contribution in [0, 0.1) is 11.8 Å². The Balaban J connectivity index is 2.02. The molecule has 4 heteroatoms. The zero-order chi connectivity index (χ0) is 10.2. The van der Waals surface area contributed by atoms with Crippen LogP contribution in [0.25, 0.3) is 0 Å². The second kappa shape index (κ2) is 6.41. The normalized spacial score (nSPS) is 19.9. The van der Waals surface area contributed by atoms with Crippen LogP contribution in [0.2, 0.25) is 0 Å². The van der Waals surface area contributed by atoms with E-state index in [1.54, 1.807) is 0 Å². The first-order chi connectivity index (χ1) is 6.83. The summed E-state index contributed by atoms with van der Waals surface area (Å²) in [5.41, 5.74) is 0. The quantitative estimate of drug-likeness (QED) is 0.284. The van der Waals surface area contributed by atoms with Gasteiger partial charge >= 0.3 is 5.97 Å². The number of hydrogen-bond acceptors (Lipinski definition) is 4. The molecule has 1 fully saturated rings. The Morgan fingerprint density at radius 3 is 3.14 bits per heavy atom. The Bertz CT molecular complexity index is 232. The summed E-state index contributed by atoms with van der Waals surface area (Å²) in [4.78, 5) is 10.6. The third-order valence-corrected chi connectivity index (χ3v) is 1.88. The average molecular weight is 198 g/mol. The van der Waals surface area contributed by atoms with Gasteiger partial charge in [0.25, 0.3) is 0 Å². The lowest BCUT2D eigenvalue weighted by molar-refractivity contribution is -0.133. The van der Waals surface area contributed by atoms with Gasteiger partial charge in [0, 0.05) is 12.5 Å². The van der Waals surface area contributed by atoms with E-state index in [9.17, 15) is 4.79 Å². The molecule has 0 aliphatic carbocycles.